The highest BCUT2D eigenvalue weighted by Gasteiger charge is 2.25. The van der Waals surface area contributed by atoms with E-state index in [0.29, 0.717) is 29.5 Å². The van der Waals surface area contributed by atoms with Gasteiger partial charge in [-0.25, -0.2) is 0 Å². The Bertz CT molecular complexity index is 1320. The maximum absolute atomic E-state index is 12.9. The number of hydrogen-bond donors (Lipinski definition) is 0. The molecule has 1 aliphatic heterocycles. The van der Waals surface area contributed by atoms with E-state index in [1.807, 2.05) is 47.0 Å². The summed E-state index contributed by atoms with van der Waals surface area (Å²) >= 11 is 1.36. The van der Waals surface area contributed by atoms with E-state index in [4.69, 9.17) is 0 Å². The van der Waals surface area contributed by atoms with Crippen LogP contribution in [-0.4, -0.2) is 44.2 Å². The number of likely N-dealkylation sites (N-methyl/N-ethyl adjacent to an activating group) is 1. The van der Waals surface area contributed by atoms with Gasteiger partial charge in [-0.3, -0.25) is 19.1 Å². The molecule has 3 heterocycles. The van der Waals surface area contributed by atoms with E-state index in [9.17, 15) is 9.59 Å². The molecule has 7 nitrogen and oxygen atoms in total. The van der Waals surface area contributed by atoms with Gasteiger partial charge in [0.05, 0.1) is 18.7 Å². The number of thioether (sulfide) groups is 1. The van der Waals surface area contributed by atoms with E-state index >= 15 is 0 Å². The average molecular weight is 456 g/mol. The van der Waals surface area contributed by atoms with Crippen molar-refractivity contribution in [1.82, 2.24) is 19.7 Å². The lowest BCUT2D eigenvalue weighted by Gasteiger charge is -2.11. The summed E-state index contributed by atoms with van der Waals surface area (Å²) < 4.78 is 2.01. The normalized spacial score (nSPS) is 12.8. The van der Waals surface area contributed by atoms with Crippen molar-refractivity contribution in [1.29, 1.82) is 0 Å². The number of benzene rings is 2. The van der Waals surface area contributed by atoms with Gasteiger partial charge in [0.25, 0.3) is 0 Å². The van der Waals surface area contributed by atoms with E-state index in [1.165, 1.54) is 11.8 Å². The van der Waals surface area contributed by atoms with Crippen LogP contribution < -0.4 is 4.90 Å². The molecule has 164 valence electrons. The monoisotopic (exact) mass is 455 g/mol. The summed E-state index contributed by atoms with van der Waals surface area (Å²) in [6, 6.07) is 19.3. The van der Waals surface area contributed by atoms with Crippen molar-refractivity contribution in [2.24, 2.45) is 0 Å². The van der Waals surface area contributed by atoms with Crippen LogP contribution in [0, 0.1) is 0 Å². The Morgan fingerprint density at radius 1 is 1.06 bits per heavy atom. The van der Waals surface area contributed by atoms with Crippen LogP contribution in [0.4, 0.5) is 5.69 Å². The predicted octanol–water partition coefficient (Wildman–Crippen LogP) is 3.88. The first kappa shape index (κ1) is 21.1. The Morgan fingerprint density at radius 3 is 2.70 bits per heavy atom. The van der Waals surface area contributed by atoms with Crippen molar-refractivity contribution in [3.8, 4) is 11.4 Å². The first-order valence-corrected chi connectivity index (χ1v) is 11.5. The summed E-state index contributed by atoms with van der Waals surface area (Å²) in [6.07, 6.45) is 3.81. The standard InChI is InChI=1S/C25H21N5O2S/c1-29-21-10-9-18(12-20(21)13-23(29)32)22(31)16-33-25-28-27-24(19-8-5-11-26-14-19)30(25)15-17-6-3-2-4-7-17/h2-12,14H,13,15-16H2,1H3. The van der Waals surface area contributed by atoms with E-state index in [1.54, 1.807) is 30.4 Å². The summed E-state index contributed by atoms with van der Waals surface area (Å²) in [6.45, 7) is 0.585. The molecule has 2 aromatic carbocycles. The molecule has 0 N–H and O–H groups in total. The van der Waals surface area contributed by atoms with Gasteiger partial charge in [0.15, 0.2) is 16.8 Å². The lowest BCUT2D eigenvalue weighted by atomic mass is 10.1. The number of amides is 1. The topological polar surface area (TPSA) is 81.0 Å². The fourth-order valence-electron chi connectivity index (χ4n) is 3.87. The molecular weight excluding hydrogens is 434 g/mol. The maximum atomic E-state index is 12.9. The second-order valence-corrected chi connectivity index (χ2v) is 8.75. The summed E-state index contributed by atoms with van der Waals surface area (Å²) in [5.74, 6) is 0.964. The van der Waals surface area contributed by atoms with Crippen LogP contribution in [-0.2, 0) is 17.8 Å². The molecule has 0 saturated heterocycles. The molecule has 0 aliphatic carbocycles. The number of nitrogens with zero attached hydrogens (tertiary/aromatic N) is 5. The van der Waals surface area contributed by atoms with Gasteiger partial charge in [-0.2, -0.15) is 0 Å². The zero-order chi connectivity index (χ0) is 22.8. The van der Waals surface area contributed by atoms with Crippen molar-refractivity contribution in [2.75, 3.05) is 17.7 Å². The second-order valence-electron chi connectivity index (χ2n) is 7.80. The van der Waals surface area contributed by atoms with E-state index in [-0.39, 0.29) is 17.4 Å². The Morgan fingerprint density at radius 2 is 1.91 bits per heavy atom. The number of fused-ring (bicyclic) bond motifs is 1. The van der Waals surface area contributed by atoms with Crippen LogP contribution in [0.3, 0.4) is 0 Å². The lowest BCUT2D eigenvalue weighted by molar-refractivity contribution is -0.117. The fourth-order valence-corrected chi connectivity index (χ4v) is 4.70. The molecule has 5 rings (SSSR count). The number of aromatic nitrogens is 4. The van der Waals surface area contributed by atoms with Gasteiger partial charge in [0.1, 0.15) is 0 Å². The zero-order valence-corrected chi connectivity index (χ0v) is 18.8. The summed E-state index contributed by atoms with van der Waals surface area (Å²) in [4.78, 5) is 30.7. The highest BCUT2D eigenvalue weighted by atomic mass is 32.2. The van der Waals surface area contributed by atoms with E-state index in [2.05, 4.69) is 27.3 Å². The molecule has 2 aromatic heterocycles. The number of carbonyl (C=O) groups excluding carboxylic acids is 2. The van der Waals surface area contributed by atoms with E-state index < -0.39 is 0 Å². The number of anilines is 1. The van der Waals surface area contributed by atoms with E-state index in [0.717, 1.165) is 22.4 Å². The summed E-state index contributed by atoms with van der Waals surface area (Å²) in [7, 11) is 1.75. The number of carbonyl (C=O) groups is 2. The Balaban J connectivity index is 1.38. The third-order valence-corrected chi connectivity index (χ3v) is 6.60. The minimum absolute atomic E-state index is 0.0120. The van der Waals surface area contributed by atoms with Crippen molar-refractivity contribution >= 4 is 29.1 Å². The molecule has 8 heteroatoms. The molecule has 1 aliphatic rings. The Kier molecular flexibility index (Phi) is 5.75. The lowest BCUT2D eigenvalue weighted by Crippen LogP contribution is -2.20. The third kappa shape index (κ3) is 4.29. The van der Waals surface area contributed by atoms with Crippen LogP contribution in [0.25, 0.3) is 11.4 Å². The first-order chi connectivity index (χ1) is 16.1. The van der Waals surface area contributed by atoms with Crippen molar-refractivity contribution in [2.45, 2.75) is 18.1 Å². The number of Topliss-reactive ketones (excluding diaryl/α,β-unsaturated/α-hetero) is 1. The molecule has 0 spiro atoms. The number of pyridine rings is 1. The molecule has 0 saturated carbocycles. The smallest absolute Gasteiger partial charge is 0.231 e. The number of rotatable bonds is 7. The molecule has 0 unspecified atom stereocenters. The first-order valence-electron chi connectivity index (χ1n) is 10.5. The molecule has 0 fully saturated rings. The second kappa shape index (κ2) is 8.99. The van der Waals surface area contributed by atoms with Gasteiger partial charge in [0.2, 0.25) is 5.91 Å². The molecule has 0 atom stereocenters. The number of hydrogen-bond acceptors (Lipinski definition) is 6. The fraction of sp³-hybridized carbons (Fsp3) is 0.160. The third-order valence-electron chi connectivity index (χ3n) is 5.63. The van der Waals surface area contributed by atoms with Crippen LogP contribution in [0.2, 0.25) is 0 Å². The molecular formula is C25H21N5O2S. The molecule has 4 aromatic rings. The molecule has 0 radical (unpaired) electrons. The Labute approximate surface area is 195 Å². The van der Waals surface area contributed by atoms with Crippen molar-refractivity contribution < 1.29 is 9.59 Å². The minimum atomic E-state index is -0.0120. The predicted molar refractivity (Wildman–Crippen MR) is 127 cm³/mol. The molecule has 0 bridgehead atoms. The zero-order valence-electron chi connectivity index (χ0n) is 18.0. The highest BCUT2D eigenvalue weighted by molar-refractivity contribution is 7.99. The molecule has 33 heavy (non-hydrogen) atoms. The van der Waals surface area contributed by atoms with Gasteiger partial charge < -0.3 is 4.90 Å². The van der Waals surface area contributed by atoms with Gasteiger partial charge >= 0.3 is 0 Å². The average Bonchev–Trinajstić information content (AvgIpc) is 3.38. The van der Waals surface area contributed by atoms with Crippen LogP contribution in [0.1, 0.15) is 21.5 Å². The van der Waals surface area contributed by atoms with Gasteiger partial charge in [-0.15, -0.1) is 10.2 Å². The van der Waals surface area contributed by atoms with Gasteiger partial charge in [-0.1, -0.05) is 42.1 Å². The van der Waals surface area contributed by atoms with Crippen LogP contribution >= 0.6 is 11.8 Å². The van der Waals surface area contributed by atoms with Crippen LogP contribution in [0.15, 0.2) is 78.2 Å². The van der Waals surface area contributed by atoms with Crippen molar-refractivity contribution in [3.63, 3.8) is 0 Å². The SMILES string of the molecule is CN1C(=O)Cc2cc(C(=O)CSc3nnc(-c4cccnc4)n3Cc3ccccc3)ccc21. The van der Waals surface area contributed by atoms with Crippen molar-refractivity contribution in [3.05, 3.63) is 89.7 Å². The maximum Gasteiger partial charge on any atom is 0.231 e. The summed E-state index contributed by atoms with van der Waals surface area (Å²) in [5.41, 5.74) is 4.35. The quantitative estimate of drug-likeness (QED) is 0.311. The Hall–Kier alpha value is -3.78. The van der Waals surface area contributed by atoms with Gasteiger partial charge in [-0.05, 0) is 41.5 Å². The number of ketones is 1. The van der Waals surface area contributed by atoms with Crippen LogP contribution in [0.5, 0.6) is 0 Å². The largest absolute Gasteiger partial charge is 0.315 e. The minimum Gasteiger partial charge on any atom is -0.315 e. The summed E-state index contributed by atoms with van der Waals surface area (Å²) in [5, 5.41) is 9.44. The molecule has 1 amide bonds. The van der Waals surface area contributed by atoms with Gasteiger partial charge in [0, 0.05) is 36.3 Å². The highest BCUT2D eigenvalue weighted by Crippen LogP contribution is 2.30.